The first-order valence-electron chi connectivity index (χ1n) is 4.87. The Hall–Kier alpha value is -1.56. The SMILES string of the molecule is CC(Nc1ccc(F)c(F)c1F)c1cscn1. The zero-order chi connectivity index (χ0) is 12.4. The first-order valence-corrected chi connectivity index (χ1v) is 5.82. The Morgan fingerprint density at radius 3 is 2.65 bits per heavy atom. The first kappa shape index (κ1) is 11.9. The van der Waals surface area contributed by atoms with E-state index in [4.69, 9.17) is 0 Å². The third-order valence-corrected chi connectivity index (χ3v) is 2.91. The standard InChI is InChI=1S/C11H9F3N2S/c1-6(9-4-17-5-15-9)16-8-3-2-7(12)10(13)11(8)14/h2-6,16H,1H3. The summed E-state index contributed by atoms with van der Waals surface area (Å²) in [5, 5.41) is 4.54. The predicted molar refractivity (Wildman–Crippen MR) is 60.5 cm³/mol. The molecule has 1 atom stereocenters. The van der Waals surface area contributed by atoms with Gasteiger partial charge in [0, 0.05) is 5.38 Å². The molecule has 6 heteroatoms. The molecule has 2 rings (SSSR count). The van der Waals surface area contributed by atoms with Crippen molar-refractivity contribution in [2.45, 2.75) is 13.0 Å². The molecular formula is C11H9F3N2S. The lowest BCUT2D eigenvalue weighted by Crippen LogP contribution is -2.09. The van der Waals surface area contributed by atoms with Crippen molar-refractivity contribution >= 4 is 17.0 Å². The Morgan fingerprint density at radius 2 is 2.00 bits per heavy atom. The number of thiazole rings is 1. The molecule has 0 radical (unpaired) electrons. The molecule has 2 nitrogen and oxygen atoms in total. The van der Waals surface area contributed by atoms with Crippen LogP contribution in [-0.4, -0.2) is 4.98 Å². The van der Waals surface area contributed by atoms with E-state index in [2.05, 4.69) is 10.3 Å². The van der Waals surface area contributed by atoms with Crippen LogP contribution in [0.15, 0.2) is 23.0 Å². The van der Waals surface area contributed by atoms with Gasteiger partial charge < -0.3 is 5.32 Å². The number of rotatable bonds is 3. The van der Waals surface area contributed by atoms with Crippen molar-refractivity contribution < 1.29 is 13.2 Å². The average molecular weight is 258 g/mol. The summed E-state index contributed by atoms with van der Waals surface area (Å²) >= 11 is 1.41. The molecule has 0 spiro atoms. The van der Waals surface area contributed by atoms with Crippen molar-refractivity contribution in [2.75, 3.05) is 5.32 Å². The highest BCUT2D eigenvalue weighted by molar-refractivity contribution is 7.07. The van der Waals surface area contributed by atoms with E-state index in [-0.39, 0.29) is 11.7 Å². The number of halogens is 3. The van der Waals surface area contributed by atoms with E-state index in [9.17, 15) is 13.2 Å². The predicted octanol–water partition coefficient (Wildman–Crippen LogP) is 3.73. The summed E-state index contributed by atoms with van der Waals surface area (Å²) in [5.41, 5.74) is 2.29. The monoisotopic (exact) mass is 258 g/mol. The van der Waals surface area contributed by atoms with Crippen LogP contribution >= 0.6 is 11.3 Å². The van der Waals surface area contributed by atoms with Gasteiger partial charge in [-0.05, 0) is 19.1 Å². The molecule has 0 saturated heterocycles. The van der Waals surface area contributed by atoms with Gasteiger partial charge in [0.15, 0.2) is 17.5 Å². The van der Waals surface area contributed by atoms with Crippen LogP contribution in [0.2, 0.25) is 0 Å². The maximum absolute atomic E-state index is 13.4. The van der Waals surface area contributed by atoms with Gasteiger partial charge in [-0.2, -0.15) is 0 Å². The van der Waals surface area contributed by atoms with E-state index in [0.29, 0.717) is 0 Å². The molecule has 0 amide bonds. The van der Waals surface area contributed by atoms with Crippen LogP contribution in [0.4, 0.5) is 18.9 Å². The van der Waals surface area contributed by atoms with Gasteiger partial charge in [0.2, 0.25) is 0 Å². The number of nitrogens with zero attached hydrogens (tertiary/aromatic N) is 1. The number of hydrogen-bond acceptors (Lipinski definition) is 3. The lowest BCUT2D eigenvalue weighted by atomic mass is 10.2. The molecule has 1 aromatic carbocycles. The quantitative estimate of drug-likeness (QED) is 0.848. The van der Waals surface area contributed by atoms with Crippen LogP contribution < -0.4 is 5.32 Å². The van der Waals surface area contributed by atoms with Crippen LogP contribution in [0, 0.1) is 17.5 Å². The van der Waals surface area contributed by atoms with Crippen LogP contribution in [0.3, 0.4) is 0 Å². The molecule has 1 aromatic heterocycles. The first-order chi connectivity index (χ1) is 8.09. The van der Waals surface area contributed by atoms with Gasteiger partial charge in [-0.15, -0.1) is 11.3 Å². The van der Waals surface area contributed by atoms with Crippen LogP contribution in [0.5, 0.6) is 0 Å². The normalized spacial score (nSPS) is 12.5. The van der Waals surface area contributed by atoms with Crippen molar-refractivity contribution in [2.24, 2.45) is 0 Å². The number of hydrogen-bond donors (Lipinski definition) is 1. The third kappa shape index (κ3) is 2.41. The van der Waals surface area contributed by atoms with Crippen molar-refractivity contribution in [1.29, 1.82) is 0 Å². The van der Waals surface area contributed by atoms with Crippen molar-refractivity contribution in [3.8, 4) is 0 Å². The molecule has 0 aliphatic rings. The molecule has 0 aliphatic carbocycles. The molecule has 1 N–H and O–H groups in total. The zero-order valence-corrected chi connectivity index (χ0v) is 9.69. The van der Waals surface area contributed by atoms with Crippen LogP contribution in [-0.2, 0) is 0 Å². The molecular weight excluding hydrogens is 249 g/mol. The lowest BCUT2D eigenvalue weighted by molar-refractivity contribution is 0.448. The summed E-state index contributed by atoms with van der Waals surface area (Å²) < 4.78 is 39.1. The molecule has 0 aliphatic heterocycles. The summed E-state index contributed by atoms with van der Waals surface area (Å²) in [6.45, 7) is 1.76. The summed E-state index contributed by atoms with van der Waals surface area (Å²) in [5.74, 6) is -3.89. The average Bonchev–Trinajstić information content (AvgIpc) is 2.83. The van der Waals surface area contributed by atoms with Gasteiger partial charge in [0.05, 0.1) is 22.9 Å². The Morgan fingerprint density at radius 1 is 1.24 bits per heavy atom. The second kappa shape index (κ2) is 4.75. The molecule has 0 saturated carbocycles. The molecule has 17 heavy (non-hydrogen) atoms. The fourth-order valence-corrected chi connectivity index (χ4v) is 2.03. The molecule has 2 aromatic rings. The second-order valence-corrected chi connectivity index (χ2v) is 4.22. The minimum Gasteiger partial charge on any atom is -0.374 e. The highest BCUT2D eigenvalue weighted by Gasteiger charge is 2.15. The van der Waals surface area contributed by atoms with E-state index < -0.39 is 17.5 Å². The number of benzene rings is 1. The zero-order valence-electron chi connectivity index (χ0n) is 8.88. The van der Waals surface area contributed by atoms with Crippen LogP contribution in [0.1, 0.15) is 18.7 Å². The van der Waals surface area contributed by atoms with Gasteiger partial charge in [-0.25, -0.2) is 18.2 Å². The molecule has 90 valence electrons. The van der Waals surface area contributed by atoms with E-state index in [0.717, 1.165) is 17.8 Å². The number of anilines is 1. The lowest BCUT2D eigenvalue weighted by Gasteiger charge is -2.14. The molecule has 0 fully saturated rings. The Kier molecular flexibility index (Phi) is 3.33. The summed E-state index contributed by atoms with van der Waals surface area (Å²) in [7, 11) is 0. The van der Waals surface area contributed by atoms with Crippen molar-refractivity contribution in [3.63, 3.8) is 0 Å². The largest absolute Gasteiger partial charge is 0.374 e. The summed E-state index contributed by atoms with van der Waals surface area (Å²) in [4.78, 5) is 4.05. The van der Waals surface area contributed by atoms with Gasteiger partial charge in [0.1, 0.15) is 0 Å². The van der Waals surface area contributed by atoms with Gasteiger partial charge in [-0.1, -0.05) is 0 Å². The molecule has 1 unspecified atom stereocenters. The van der Waals surface area contributed by atoms with Crippen molar-refractivity contribution in [1.82, 2.24) is 4.98 Å². The maximum Gasteiger partial charge on any atom is 0.196 e. The minimum absolute atomic E-state index is 0.0793. The highest BCUT2D eigenvalue weighted by Crippen LogP contribution is 2.24. The third-order valence-electron chi connectivity index (χ3n) is 2.30. The number of nitrogens with one attached hydrogen (secondary N) is 1. The Labute approximate surface area is 100 Å². The van der Waals surface area contributed by atoms with Gasteiger partial charge in [0.25, 0.3) is 0 Å². The highest BCUT2D eigenvalue weighted by atomic mass is 32.1. The second-order valence-electron chi connectivity index (χ2n) is 3.50. The maximum atomic E-state index is 13.4. The summed E-state index contributed by atoms with van der Waals surface area (Å²) in [6.07, 6.45) is 0. The smallest absolute Gasteiger partial charge is 0.196 e. The minimum atomic E-state index is -1.47. The summed E-state index contributed by atoms with van der Waals surface area (Å²) in [6, 6.07) is 1.77. The fourth-order valence-electron chi connectivity index (χ4n) is 1.38. The van der Waals surface area contributed by atoms with Gasteiger partial charge in [-0.3, -0.25) is 0 Å². The van der Waals surface area contributed by atoms with E-state index in [1.807, 2.05) is 0 Å². The van der Waals surface area contributed by atoms with Gasteiger partial charge >= 0.3 is 0 Å². The Balaban J connectivity index is 2.22. The Bertz CT molecular complexity index is 514. The number of aromatic nitrogens is 1. The van der Waals surface area contributed by atoms with E-state index >= 15 is 0 Å². The van der Waals surface area contributed by atoms with Crippen LogP contribution in [0.25, 0.3) is 0 Å². The van der Waals surface area contributed by atoms with E-state index in [1.165, 1.54) is 11.3 Å². The van der Waals surface area contributed by atoms with E-state index in [1.54, 1.807) is 17.8 Å². The fraction of sp³-hybridized carbons (Fsp3) is 0.182. The molecule has 0 bridgehead atoms. The van der Waals surface area contributed by atoms with Crippen molar-refractivity contribution in [3.05, 3.63) is 46.2 Å². The molecule has 1 heterocycles. The topological polar surface area (TPSA) is 24.9 Å².